The molecule has 1 amide bonds. The van der Waals surface area contributed by atoms with Crippen molar-refractivity contribution in [3.63, 3.8) is 0 Å². The molecule has 1 rings (SSSR count). The van der Waals surface area contributed by atoms with E-state index in [2.05, 4.69) is 10.0 Å². The maximum absolute atomic E-state index is 11.7. The lowest BCUT2D eigenvalue weighted by Crippen LogP contribution is -2.39. The topological polar surface area (TPSA) is 101 Å². The van der Waals surface area contributed by atoms with Crippen LogP contribution in [0.25, 0.3) is 0 Å². The number of carbonyl (C=O) groups is 1. The van der Waals surface area contributed by atoms with Crippen LogP contribution in [0.5, 0.6) is 0 Å². The first-order valence-electron chi connectivity index (χ1n) is 5.87. The quantitative estimate of drug-likeness (QED) is 0.715. The van der Waals surface area contributed by atoms with Crippen molar-refractivity contribution < 1.29 is 13.2 Å². The first-order valence-corrected chi connectivity index (χ1v) is 7.35. The summed E-state index contributed by atoms with van der Waals surface area (Å²) in [6.45, 7) is 3.36. The summed E-state index contributed by atoms with van der Waals surface area (Å²) in [7, 11) is -2.14. The smallest absolute Gasteiger partial charge is 0.240 e. The molecule has 0 fully saturated rings. The number of rotatable bonds is 5. The lowest BCUT2D eigenvalue weighted by atomic mass is 10.1. The number of amides is 1. The minimum atomic E-state index is -3.49. The highest BCUT2D eigenvalue weighted by Crippen LogP contribution is 2.17. The average Bonchev–Trinajstić information content (AvgIpc) is 2.38. The van der Waals surface area contributed by atoms with E-state index < -0.39 is 16.1 Å². The van der Waals surface area contributed by atoms with E-state index in [1.54, 1.807) is 26.0 Å². The molecule has 4 N–H and O–H groups in total. The maximum Gasteiger partial charge on any atom is 0.240 e. The second kappa shape index (κ2) is 6.14. The van der Waals surface area contributed by atoms with E-state index in [-0.39, 0.29) is 16.8 Å². The zero-order valence-corrected chi connectivity index (χ0v) is 12.0. The molecule has 0 aliphatic rings. The van der Waals surface area contributed by atoms with Crippen molar-refractivity contribution in [2.75, 3.05) is 7.05 Å². The van der Waals surface area contributed by atoms with Crippen molar-refractivity contribution in [2.45, 2.75) is 30.8 Å². The Hall–Kier alpha value is -1.44. The molecule has 1 unspecified atom stereocenters. The molecule has 106 valence electrons. The van der Waals surface area contributed by atoms with Crippen molar-refractivity contribution in [1.29, 1.82) is 0 Å². The van der Waals surface area contributed by atoms with Crippen LogP contribution < -0.4 is 15.8 Å². The van der Waals surface area contributed by atoms with Gasteiger partial charge in [-0.2, -0.15) is 0 Å². The molecule has 19 heavy (non-hydrogen) atoms. The zero-order valence-electron chi connectivity index (χ0n) is 11.2. The van der Waals surface area contributed by atoms with Gasteiger partial charge in [0.1, 0.15) is 0 Å². The highest BCUT2D eigenvalue weighted by Gasteiger charge is 2.16. The molecule has 7 heteroatoms. The van der Waals surface area contributed by atoms with Gasteiger partial charge in [-0.3, -0.25) is 4.79 Å². The van der Waals surface area contributed by atoms with Crippen LogP contribution in [0.15, 0.2) is 29.2 Å². The number of nitrogens with two attached hydrogens (primary N) is 1. The standard InChI is InChI=1S/C12H19N3O3S/c1-8(13)12(16)15-9(2)10-5-4-6-11(7-10)19(17,18)14-3/h4-9,14H,13H2,1-3H3,(H,15,16)/t8-,9?/m0/s1. The van der Waals surface area contributed by atoms with Gasteiger partial charge in [-0.15, -0.1) is 0 Å². The van der Waals surface area contributed by atoms with Gasteiger partial charge in [-0.25, -0.2) is 13.1 Å². The third kappa shape index (κ3) is 4.02. The van der Waals surface area contributed by atoms with Gasteiger partial charge < -0.3 is 11.1 Å². The van der Waals surface area contributed by atoms with E-state index in [1.165, 1.54) is 19.2 Å². The molecule has 0 radical (unpaired) electrons. The molecule has 0 saturated carbocycles. The highest BCUT2D eigenvalue weighted by molar-refractivity contribution is 7.89. The van der Waals surface area contributed by atoms with Gasteiger partial charge in [0.15, 0.2) is 0 Å². The predicted octanol–water partition coefficient (Wildman–Crippen LogP) is 0.119. The normalized spacial score (nSPS) is 14.7. The maximum atomic E-state index is 11.7. The molecule has 6 nitrogen and oxygen atoms in total. The Morgan fingerprint density at radius 3 is 2.47 bits per heavy atom. The Balaban J connectivity index is 2.97. The SMILES string of the molecule is CNS(=O)(=O)c1cccc(C(C)NC(=O)[C@H](C)N)c1. The molecule has 0 spiro atoms. The van der Waals surface area contributed by atoms with Crippen LogP contribution in [-0.2, 0) is 14.8 Å². The number of carbonyl (C=O) groups excluding carboxylic acids is 1. The summed E-state index contributed by atoms with van der Waals surface area (Å²) in [5, 5.41) is 2.71. The summed E-state index contributed by atoms with van der Waals surface area (Å²) < 4.78 is 25.6. The van der Waals surface area contributed by atoms with Gasteiger partial charge in [-0.05, 0) is 38.6 Å². The number of hydrogen-bond acceptors (Lipinski definition) is 4. The number of sulfonamides is 1. The Morgan fingerprint density at radius 1 is 1.32 bits per heavy atom. The van der Waals surface area contributed by atoms with Crippen LogP contribution >= 0.6 is 0 Å². The minimum absolute atomic E-state index is 0.161. The first-order chi connectivity index (χ1) is 8.77. The number of nitrogens with one attached hydrogen (secondary N) is 2. The molecule has 0 bridgehead atoms. The van der Waals surface area contributed by atoms with Crippen molar-refractivity contribution in [2.24, 2.45) is 5.73 Å². The lowest BCUT2D eigenvalue weighted by Gasteiger charge is -2.16. The minimum Gasteiger partial charge on any atom is -0.348 e. The second-order valence-corrected chi connectivity index (χ2v) is 6.19. The predicted molar refractivity (Wildman–Crippen MR) is 72.9 cm³/mol. The van der Waals surface area contributed by atoms with Gasteiger partial charge in [0, 0.05) is 0 Å². The molecule has 2 atom stereocenters. The van der Waals surface area contributed by atoms with E-state index in [1.807, 2.05) is 0 Å². The van der Waals surface area contributed by atoms with Crippen LogP contribution in [-0.4, -0.2) is 27.4 Å². The fourth-order valence-corrected chi connectivity index (χ4v) is 2.28. The second-order valence-electron chi connectivity index (χ2n) is 4.30. The fourth-order valence-electron chi connectivity index (χ4n) is 1.50. The molecular formula is C12H19N3O3S. The monoisotopic (exact) mass is 285 g/mol. The summed E-state index contributed by atoms with van der Waals surface area (Å²) in [6, 6.07) is 5.49. The van der Waals surface area contributed by atoms with Crippen molar-refractivity contribution in [3.8, 4) is 0 Å². The third-order valence-electron chi connectivity index (χ3n) is 2.71. The largest absolute Gasteiger partial charge is 0.348 e. The summed E-state index contributed by atoms with van der Waals surface area (Å²) in [5.74, 6) is -0.283. The van der Waals surface area contributed by atoms with Gasteiger partial charge in [-0.1, -0.05) is 12.1 Å². The van der Waals surface area contributed by atoms with Crippen LogP contribution in [0.3, 0.4) is 0 Å². The lowest BCUT2D eigenvalue weighted by molar-refractivity contribution is -0.122. The average molecular weight is 285 g/mol. The first kappa shape index (κ1) is 15.6. The molecular weight excluding hydrogens is 266 g/mol. The summed E-state index contributed by atoms with van der Waals surface area (Å²) in [5.41, 5.74) is 6.16. The van der Waals surface area contributed by atoms with Gasteiger partial charge in [0.25, 0.3) is 0 Å². The molecule has 1 aromatic rings. The Labute approximate surface area is 113 Å². The van der Waals surface area contributed by atoms with E-state index in [0.717, 1.165) is 0 Å². The highest BCUT2D eigenvalue weighted by atomic mass is 32.2. The van der Waals surface area contributed by atoms with Crippen LogP contribution in [0.4, 0.5) is 0 Å². The van der Waals surface area contributed by atoms with Crippen LogP contribution in [0.2, 0.25) is 0 Å². The Morgan fingerprint density at radius 2 is 1.95 bits per heavy atom. The molecule has 0 aliphatic carbocycles. The van der Waals surface area contributed by atoms with Crippen LogP contribution in [0.1, 0.15) is 25.5 Å². The van der Waals surface area contributed by atoms with Crippen molar-refractivity contribution in [3.05, 3.63) is 29.8 Å². The van der Waals surface area contributed by atoms with Crippen molar-refractivity contribution in [1.82, 2.24) is 10.0 Å². The van der Waals surface area contributed by atoms with E-state index in [9.17, 15) is 13.2 Å². The summed E-state index contributed by atoms with van der Waals surface area (Å²) in [6.07, 6.45) is 0. The van der Waals surface area contributed by atoms with Gasteiger partial charge in [0.2, 0.25) is 15.9 Å². The van der Waals surface area contributed by atoms with E-state index in [4.69, 9.17) is 5.73 Å². The van der Waals surface area contributed by atoms with Gasteiger partial charge in [0.05, 0.1) is 17.0 Å². The summed E-state index contributed by atoms with van der Waals surface area (Å²) in [4.78, 5) is 11.7. The molecule has 0 aliphatic heterocycles. The van der Waals surface area contributed by atoms with Crippen molar-refractivity contribution >= 4 is 15.9 Å². The van der Waals surface area contributed by atoms with Gasteiger partial charge >= 0.3 is 0 Å². The van der Waals surface area contributed by atoms with E-state index >= 15 is 0 Å². The molecule has 0 heterocycles. The third-order valence-corrected chi connectivity index (χ3v) is 4.12. The number of hydrogen-bond donors (Lipinski definition) is 3. The Kier molecular flexibility index (Phi) is 5.04. The summed E-state index contributed by atoms with van der Waals surface area (Å²) >= 11 is 0. The molecule has 1 aromatic carbocycles. The number of benzene rings is 1. The zero-order chi connectivity index (χ0) is 14.6. The van der Waals surface area contributed by atoms with Crippen LogP contribution in [0, 0.1) is 0 Å². The molecule has 0 aromatic heterocycles. The fraction of sp³-hybridized carbons (Fsp3) is 0.417. The Bertz CT molecular complexity index is 555. The van der Waals surface area contributed by atoms with E-state index in [0.29, 0.717) is 5.56 Å². The molecule has 0 saturated heterocycles.